The summed E-state index contributed by atoms with van der Waals surface area (Å²) in [5.41, 5.74) is 0. The SMILES string of the molecule is COC1C2CCC(C2)C1OC(=O)OC1C2CCC(C2)C1C. The second kappa shape index (κ2) is 5.15. The number of carbonyl (C=O) groups excluding carboxylic acids is 1. The molecule has 4 bridgehead atoms. The molecule has 4 saturated carbocycles. The predicted octanol–water partition coefficient (Wildman–Crippen LogP) is 3.39. The molecule has 118 valence electrons. The summed E-state index contributed by atoms with van der Waals surface area (Å²) in [6.07, 6.45) is 6.86. The van der Waals surface area contributed by atoms with Crippen LogP contribution in [0.25, 0.3) is 0 Å². The van der Waals surface area contributed by atoms with E-state index in [1.807, 2.05) is 0 Å². The topological polar surface area (TPSA) is 44.8 Å². The summed E-state index contributed by atoms with van der Waals surface area (Å²) in [4.78, 5) is 12.2. The average Bonchev–Trinajstić information content (AvgIpc) is 3.21. The Bertz CT molecular complexity index is 421. The quantitative estimate of drug-likeness (QED) is 0.748. The number of carbonyl (C=O) groups is 1. The number of rotatable bonds is 3. The maximum atomic E-state index is 12.2. The van der Waals surface area contributed by atoms with Crippen molar-refractivity contribution in [3.63, 3.8) is 0 Å². The van der Waals surface area contributed by atoms with Crippen LogP contribution >= 0.6 is 0 Å². The van der Waals surface area contributed by atoms with Crippen molar-refractivity contribution in [1.82, 2.24) is 0 Å². The molecule has 0 spiro atoms. The molecule has 0 aromatic heterocycles. The molecule has 21 heavy (non-hydrogen) atoms. The molecule has 0 N–H and O–H groups in total. The van der Waals surface area contributed by atoms with E-state index in [1.54, 1.807) is 7.11 Å². The first-order valence-electron chi connectivity index (χ1n) is 8.57. The van der Waals surface area contributed by atoms with Crippen LogP contribution in [0.1, 0.15) is 45.4 Å². The Morgan fingerprint density at radius 3 is 1.95 bits per heavy atom. The van der Waals surface area contributed by atoms with Crippen LogP contribution in [-0.4, -0.2) is 31.6 Å². The summed E-state index contributed by atoms with van der Waals surface area (Å²) in [6.45, 7) is 2.22. The summed E-state index contributed by atoms with van der Waals surface area (Å²) in [7, 11) is 1.73. The number of ether oxygens (including phenoxy) is 3. The minimum absolute atomic E-state index is 0.0775. The van der Waals surface area contributed by atoms with Gasteiger partial charge in [-0.25, -0.2) is 4.79 Å². The molecule has 0 aromatic rings. The molecule has 4 rings (SSSR count). The molecular formula is C17H26O4. The van der Waals surface area contributed by atoms with Crippen molar-refractivity contribution in [3.05, 3.63) is 0 Å². The predicted molar refractivity (Wildman–Crippen MR) is 76.8 cm³/mol. The first kappa shape index (κ1) is 13.9. The highest BCUT2D eigenvalue weighted by atomic mass is 16.7. The van der Waals surface area contributed by atoms with Crippen molar-refractivity contribution in [3.8, 4) is 0 Å². The highest BCUT2D eigenvalue weighted by Crippen LogP contribution is 2.50. The monoisotopic (exact) mass is 294 g/mol. The number of methoxy groups -OCH3 is 1. The molecule has 4 nitrogen and oxygen atoms in total. The van der Waals surface area contributed by atoms with E-state index < -0.39 is 6.16 Å². The van der Waals surface area contributed by atoms with Crippen molar-refractivity contribution in [1.29, 1.82) is 0 Å². The Morgan fingerprint density at radius 1 is 0.810 bits per heavy atom. The van der Waals surface area contributed by atoms with Gasteiger partial charge in [-0.1, -0.05) is 6.92 Å². The summed E-state index contributed by atoms with van der Waals surface area (Å²) in [6, 6.07) is 0. The summed E-state index contributed by atoms with van der Waals surface area (Å²) >= 11 is 0. The molecule has 8 atom stereocenters. The van der Waals surface area contributed by atoms with Crippen LogP contribution in [0.2, 0.25) is 0 Å². The van der Waals surface area contributed by atoms with Gasteiger partial charge in [0.15, 0.2) is 0 Å². The molecule has 0 amide bonds. The van der Waals surface area contributed by atoms with Crippen molar-refractivity contribution < 1.29 is 19.0 Å². The number of hydrogen-bond donors (Lipinski definition) is 0. The molecule has 0 aromatic carbocycles. The number of fused-ring (bicyclic) bond motifs is 4. The third kappa shape index (κ3) is 2.18. The normalized spacial score (nSPS) is 50.6. The molecular weight excluding hydrogens is 268 g/mol. The van der Waals surface area contributed by atoms with Crippen LogP contribution in [0.3, 0.4) is 0 Å². The summed E-state index contributed by atoms with van der Waals surface area (Å²) < 4.78 is 17.0. The largest absolute Gasteiger partial charge is 0.508 e. The van der Waals surface area contributed by atoms with Gasteiger partial charge in [0.25, 0.3) is 0 Å². The Morgan fingerprint density at radius 2 is 1.33 bits per heavy atom. The van der Waals surface area contributed by atoms with E-state index in [2.05, 4.69) is 6.92 Å². The van der Waals surface area contributed by atoms with Gasteiger partial charge < -0.3 is 14.2 Å². The maximum absolute atomic E-state index is 12.2. The van der Waals surface area contributed by atoms with E-state index in [0.717, 1.165) is 18.8 Å². The van der Waals surface area contributed by atoms with Crippen LogP contribution in [0.4, 0.5) is 4.79 Å². The van der Waals surface area contributed by atoms with Gasteiger partial charge in [-0.2, -0.15) is 0 Å². The fraction of sp³-hybridized carbons (Fsp3) is 0.941. The highest BCUT2D eigenvalue weighted by molar-refractivity contribution is 5.60. The molecule has 0 radical (unpaired) electrons. The third-order valence-electron chi connectivity index (χ3n) is 6.74. The van der Waals surface area contributed by atoms with Gasteiger partial charge >= 0.3 is 6.16 Å². The van der Waals surface area contributed by atoms with Crippen molar-refractivity contribution in [2.24, 2.45) is 29.6 Å². The van der Waals surface area contributed by atoms with Crippen molar-refractivity contribution in [2.75, 3.05) is 7.11 Å². The minimum atomic E-state index is -0.459. The van der Waals surface area contributed by atoms with Gasteiger partial charge in [-0.3, -0.25) is 0 Å². The van der Waals surface area contributed by atoms with Gasteiger partial charge in [0.05, 0.1) is 6.10 Å². The fourth-order valence-corrected chi connectivity index (χ4v) is 5.66. The van der Waals surface area contributed by atoms with Gasteiger partial charge in [0.1, 0.15) is 12.2 Å². The Hall–Kier alpha value is -0.770. The van der Waals surface area contributed by atoms with E-state index in [-0.39, 0.29) is 18.3 Å². The molecule has 0 aliphatic heterocycles. The smallest absolute Gasteiger partial charge is 0.430 e. The zero-order chi connectivity index (χ0) is 14.6. The minimum Gasteiger partial charge on any atom is -0.430 e. The molecule has 4 aliphatic rings. The van der Waals surface area contributed by atoms with Crippen LogP contribution < -0.4 is 0 Å². The average molecular weight is 294 g/mol. The van der Waals surface area contributed by atoms with Crippen LogP contribution in [-0.2, 0) is 14.2 Å². The Labute approximate surface area is 126 Å². The molecule has 0 heterocycles. The second-order valence-electron chi connectivity index (χ2n) is 7.64. The first-order valence-corrected chi connectivity index (χ1v) is 8.57. The molecule has 8 unspecified atom stereocenters. The Balaban J connectivity index is 1.36. The van der Waals surface area contributed by atoms with Crippen LogP contribution in [0.15, 0.2) is 0 Å². The second-order valence-corrected chi connectivity index (χ2v) is 7.64. The molecule has 4 aliphatic carbocycles. The van der Waals surface area contributed by atoms with E-state index in [9.17, 15) is 4.79 Å². The third-order valence-corrected chi connectivity index (χ3v) is 6.74. The highest BCUT2D eigenvalue weighted by Gasteiger charge is 2.51. The first-order chi connectivity index (χ1) is 10.2. The number of hydrogen-bond acceptors (Lipinski definition) is 4. The molecule has 0 saturated heterocycles. The molecule has 4 heteroatoms. The zero-order valence-corrected chi connectivity index (χ0v) is 13.0. The van der Waals surface area contributed by atoms with Crippen LogP contribution in [0.5, 0.6) is 0 Å². The van der Waals surface area contributed by atoms with E-state index in [4.69, 9.17) is 14.2 Å². The lowest BCUT2D eigenvalue weighted by Gasteiger charge is -2.31. The van der Waals surface area contributed by atoms with Crippen LogP contribution in [0, 0.1) is 29.6 Å². The summed E-state index contributed by atoms with van der Waals surface area (Å²) in [5.74, 6) is 2.86. The fourth-order valence-electron chi connectivity index (χ4n) is 5.66. The maximum Gasteiger partial charge on any atom is 0.508 e. The molecule has 4 fully saturated rings. The van der Waals surface area contributed by atoms with E-state index in [0.29, 0.717) is 23.7 Å². The lowest BCUT2D eigenvalue weighted by molar-refractivity contribution is -0.0868. The zero-order valence-electron chi connectivity index (χ0n) is 13.0. The van der Waals surface area contributed by atoms with Crippen molar-refractivity contribution in [2.45, 2.75) is 63.8 Å². The van der Waals surface area contributed by atoms with E-state index >= 15 is 0 Å². The standard InChI is InChI=1S/C17H26O4/c1-9-10-3-4-11(7-10)14(9)20-17(18)21-16-13-6-5-12(8-13)15(16)19-2/h9-16H,3-8H2,1-2H3. The Kier molecular flexibility index (Phi) is 3.40. The van der Waals surface area contributed by atoms with Gasteiger partial charge in [-0.05, 0) is 68.1 Å². The van der Waals surface area contributed by atoms with Gasteiger partial charge in [0.2, 0.25) is 0 Å². The lowest BCUT2D eigenvalue weighted by Crippen LogP contribution is -2.39. The lowest BCUT2D eigenvalue weighted by atomic mass is 9.88. The van der Waals surface area contributed by atoms with Gasteiger partial charge in [-0.15, -0.1) is 0 Å². The van der Waals surface area contributed by atoms with Gasteiger partial charge in [0, 0.05) is 7.11 Å². The van der Waals surface area contributed by atoms with E-state index in [1.165, 1.54) is 25.7 Å². The summed E-state index contributed by atoms with van der Waals surface area (Å²) in [5, 5.41) is 0. The van der Waals surface area contributed by atoms with Crippen molar-refractivity contribution >= 4 is 6.16 Å².